The van der Waals surface area contributed by atoms with Gasteiger partial charge in [0, 0.05) is 18.9 Å². The molecule has 0 bridgehead atoms. The van der Waals surface area contributed by atoms with Gasteiger partial charge in [0.25, 0.3) is 0 Å². The molecule has 0 unspecified atom stereocenters. The first-order valence-corrected chi connectivity index (χ1v) is 7.12. The van der Waals surface area contributed by atoms with Crippen molar-refractivity contribution >= 4 is 28.5 Å². The van der Waals surface area contributed by atoms with Crippen molar-refractivity contribution in [2.75, 3.05) is 11.9 Å². The van der Waals surface area contributed by atoms with Gasteiger partial charge in [-0.1, -0.05) is 38.8 Å². The molecule has 0 amide bonds. The van der Waals surface area contributed by atoms with Crippen LogP contribution in [0.1, 0.15) is 39.2 Å². The number of hydrogen-bond acceptors (Lipinski definition) is 4. The third kappa shape index (κ3) is 4.03. The van der Waals surface area contributed by atoms with Gasteiger partial charge in [0.1, 0.15) is 5.15 Å². The number of aromatic nitrogens is 3. The molecule has 104 valence electrons. The lowest BCUT2D eigenvalue weighted by Crippen LogP contribution is -2.05. The highest BCUT2D eigenvalue weighted by molar-refractivity contribution is 6.34. The molecule has 0 radical (unpaired) electrons. The summed E-state index contributed by atoms with van der Waals surface area (Å²) in [7, 11) is 0. The fraction of sp³-hybridized carbons (Fsp3) is 0.500. The summed E-state index contributed by atoms with van der Waals surface area (Å²) in [6.07, 6.45) is 5.71. The number of halogens is 1. The summed E-state index contributed by atoms with van der Waals surface area (Å²) in [6, 6.07) is 0. The molecule has 2 aromatic rings. The molecule has 0 aliphatic heterocycles. The molecule has 1 N–H and O–H groups in total. The Balaban J connectivity index is 0.000000861. The van der Waals surface area contributed by atoms with E-state index in [1.807, 2.05) is 20.8 Å². The number of aryl methyl sites for hydroxylation is 1. The van der Waals surface area contributed by atoms with Crippen molar-refractivity contribution in [2.45, 2.75) is 40.5 Å². The fourth-order valence-electron chi connectivity index (χ4n) is 1.58. The van der Waals surface area contributed by atoms with Gasteiger partial charge in [-0.3, -0.25) is 0 Å². The van der Waals surface area contributed by atoms with Crippen molar-refractivity contribution in [3.8, 4) is 0 Å². The second kappa shape index (κ2) is 7.89. The van der Waals surface area contributed by atoms with Crippen LogP contribution in [0.2, 0.25) is 5.15 Å². The van der Waals surface area contributed by atoms with Crippen LogP contribution in [-0.2, 0) is 0 Å². The number of fused-ring (bicyclic) bond motifs is 1. The van der Waals surface area contributed by atoms with Crippen molar-refractivity contribution in [1.82, 2.24) is 15.0 Å². The fourth-order valence-corrected chi connectivity index (χ4v) is 1.77. The molecule has 4 nitrogen and oxygen atoms in total. The summed E-state index contributed by atoms with van der Waals surface area (Å²) in [5, 5.41) is 4.45. The Labute approximate surface area is 119 Å². The Morgan fingerprint density at radius 2 is 1.95 bits per heavy atom. The van der Waals surface area contributed by atoms with Gasteiger partial charge < -0.3 is 5.32 Å². The summed E-state index contributed by atoms with van der Waals surface area (Å²) in [5.74, 6) is 0.649. The van der Waals surface area contributed by atoms with E-state index < -0.39 is 0 Å². The van der Waals surface area contributed by atoms with E-state index in [1.54, 1.807) is 12.4 Å². The maximum atomic E-state index is 6.00. The number of rotatable bonds is 4. The minimum Gasteiger partial charge on any atom is -0.354 e. The van der Waals surface area contributed by atoms with Crippen LogP contribution in [0.5, 0.6) is 0 Å². The molecule has 2 heterocycles. The first kappa shape index (κ1) is 15.6. The van der Waals surface area contributed by atoms with Crippen LogP contribution in [0, 0.1) is 6.92 Å². The van der Waals surface area contributed by atoms with Crippen molar-refractivity contribution in [1.29, 1.82) is 0 Å². The van der Waals surface area contributed by atoms with E-state index in [-0.39, 0.29) is 0 Å². The highest BCUT2D eigenvalue weighted by Crippen LogP contribution is 2.22. The van der Waals surface area contributed by atoms with Gasteiger partial charge in [0.2, 0.25) is 5.95 Å². The van der Waals surface area contributed by atoms with Crippen LogP contribution in [0.3, 0.4) is 0 Å². The topological polar surface area (TPSA) is 50.7 Å². The van der Waals surface area contributed by atoms with Crippen molar-refractivity contribution in [3.05, 3.63) is 23.1 Å². The molecular formula is C14H21ClN4. The largest absolute Gasteiger partial charge is 0.354 e. The molecule has 0 spiro atoms. The average Bonchev–Trinajstić information content (AvgIpc) is 2.46. The lowest BCUT2D eigenvalue weighted by atomic mass is 10.2. The average molecular weight is 281 g/mol. The van der Waals surface area contributed by atoms with E-state index in [9.17, 15) is 0 Å². The second-order valence-corrected chi connectivity index (χ2v) is 4.33. The third-order valence-electron chi connectivity index (χ3n) is 2.57. The number of pyridine rings is 1. The van der Waals surface area contributed by atoms with Gasteiger partial charge in [-0.05, 0) is 18.9 Å². The Morgan fingerprint density at radius 1 is 1.21 bits per heavy atom. The van der Waals surface area contributed by atoms with E-state index in [4.69, 9.17) is 11.6 Å². The molecule has 0 aromatic carbocycles. The Hall–Kier alpha value is -1.42. The predicted molar refractivity (Wildman–Crippen MR) is 81.8 cm³/mol. The molecular weight excluding hydrogens is 260 g/mol. The highest BCUT2D eigenvalue weighted by Gasteiger charge is 2.06. The zero-order chi connectivity index (χ0) is 14.3. The quantitative estimate of drug-likeness (QED) is 0.673. The highest BCUT2D eigenvalue weighted by atomic mass is 35.5. The number of nitrogens with zero attached hydrogens (tertiary/aromatic N) is 3. The van der Waals surface area contributed by atoms with Crippen LogP contribution in [-0.4, -0.2) is 21.5 Å². The Bertz CT molecular complexity index is 528. The molecule has 5 heteroatoms. The molecule has 0 saturated heterocycles. The zero-order valence-electron chi connectivity index (χ0n) is 12.0. The molecule has 2 rings (SSSR count). The van der Waals surface area contributed by atoms with E-state index >= 15 is 0 Å². The van der Waals surface area contributed by atoms with Crippen LogP contribution in [0.4, 0.5) is 5.95 Å². The van der Waals surface area contributed by atoms with Crippen molar-refractivity contribution in [3.63, 3.8) is 0 Å². The van der Waals surface area contributed by atoms with Gasteiger partial charge in [0.05, 0.1) is 10.9 Å². The summed E-state index contributed by atoms with van der Waals surface area (Å²) < 4.78 is 0. The molecule has 0 atom stereocenters. The van der Waals surface area contributed by atoms with Gasteiger partial charge in [-0.15, -0.1) is 0 Å². The van der Waals surface area contributed by atoms with Crippen molar-refractivity contribution < 1.29 is 0 Å². The lowest BCUT2D eigenvalue weighted by molar-refractivity contribution is 0.827. The summed E-state index contributed by atoms with van der Waals surface area (Å²) in [5.41, 5.74) is 1.87. The Kier molecular flexibility index (Phi) is 6.50. The smallest absolute Gasteiger partial charge is 0.223 e. The van der Waals surface area contributed by atoms with Crippen LogP contribution >= 0.6 is 11.6 Å². The summed E-state index contributed by atoms with van der Waals surface area (Å²) >= 11 is 6.00. The molecule has 19 heavy (non-hydrogen) atoms. The van der Waals surface area contributed by atoms with Crippen LogP contribution < -0.4 is 5.32 Å². The minimum absolute atomic E-state index is 0.450. The Morgan fingerprint density at radius 3 is 2.63 bits per heavy atom. The van der Waals surface area contributed by atoms with E-state index in [0.717, 1.165) is 35.9 Å². The van der Waals surface area contributed by atoms with Crippen LogP contribution in [0.15, 0.2) is 12.4 Å². The van der Waals surface area contributed by atoms with Gasteiger partial charge in [0.15, 0.2) is 0 Å². The second-order valence-electron chi connectivity index (χ2n) is 3.97. The normalized spacial score (nSPS) is 9.95. The predicted octanol–water partition coefficient (Wildman–Crippen LogP) is 4.22. The third-order valence-corrected chi connectivity index (χ3v) is 2.87. The summed E-state index contributed by atoms with van der Waals surface area (Å²) in [4.78, 5) is 12.8. The first-order chi connectivity index (χ1) is 9.22. The maximum Gasteiger partial charge on any atom is 0.223 e. The molecule has 0 aliphatic carbocycles. The van der Waals surface area contributed by atoms with Crippen molar-refractivity contribution in [2.24, 2.45) is 0 Å². The van der Waals surface area contributed by atoms with Gasteiger partial charge >= 0.3 is 0 Å². The number of nitrogens with one attached hydrogen (secondary N) is 1. The number of unbranched alkanes of at least 4 members (excludes halogenated alkanes) is 1. The monoisotopic (exact) mass is 280 g/mol. The number of hydrogen-bond donors (Lipinski definition) is 1. The minimum atomic E-state index is 0.450. The molecule has 0 fully saturated rings. The van der Waals surface area contributed by atoms with E-state index in [2.05, 4.69) is 27.2 Å². The lowest BCUT2D eigenvalue weighted by Gasteiger charge is -2.06. The zero-order valence-corrected chi connectivity index (χ0v) is 12.8. The maximum absolute atomic E-state index is 6.00. The van der Waals surface area contributed by atoms with Gasteiger partial charge in [-0.25, -0.2) is 15.0 Å². The van der Waals surface area contributed by atoms with E-state index in [0.29, 0.717) is 11.1 Å². The standard InChI is InChI=1S/C12H15ClN4.C2H6/c1-3-4-5-14-12-16-7-9-10(17-12)8(2)6-15-11(9)13;1-2/h6-7H,3-5H2,1-2H3,(H,14,16,17);1-2H3. The first-order valence-electron chi connectivity index (χ1n) is 6.74. The molecule has 0 saturated carbocycles. The number of anilines is 1. The molecule has 0 aliphatic rings. The molecule has 2 aromatic heterocycles. The van der Waals surface area contributed by atoms with Crippen LogP contribution in [0.25, 0.3) is 10.9 Å². The SMILES string of the molecule is CC.CCCCNc1ncc2c(Cl)ncc(C)c2n1. The summed E-state index contributed by atoms with van der Waals surface area (Å²) in [6.45, 7) is 9.01. The van der Waals surface area contributed by atoms with Gasteiger partial charge in [-0.2, -0.15) is 0 Å². The van der Waals surface area contributed by atoms with E-state index in [1.165, 1.54) is 0 Å².